The van der Waals surface area contributed by atoms with E-state index >= 15 is 0 Å². The number of pyridine rings is 1. The van der Waals surface area contributed by atoms with E-state index in [-0.39, 0.29) is 11.9 Å². The van der Waals surface area contributed by atoms with Crippen LogP contribution in [0.4, 0.5) is 22.0 Å². The maximum Gasteiger partial charge on any atom is 0.324 e. The molecule has 0 atom stereocenters. The molecule has 2 aromatic rings. The first kappa shape index (κ1) is 14.5. The van der Waals surface area contributed by atoms with Crippen LogP contribution in [-0.2, 0) is 4.79 Å². The molecule has 108 valence electrons. The Balaban J connectivity index is 1.93. The Morgan fingerprint density at radius 1 is 0.905 bits per heavy atom. The minimum absolute atomic E-state index is 0.140. The number of benzene rings is 1. The van der Waals surface area contributed by atoms with Gasteiger partial charge >= 0.3 is 6.03 Å². The fraction of sp³-hybridized carbons (Fsp3) is 0.133. The van der Waals surface area contributed by atoms with Gasteiger partial charge in [-0.15, -0.1) is 0 Å². The van der Waals surface area contributed by atoms with Crippen LogP contribution >= 0.6 is 0 Å². The summed E-state index contributed by atoms with van der Waals surface area (Å²) in [6.07, 6.45) is 1.68. The SMILES string of the molecule is CC(=O)Nc1ccc(NC(=O)Nc2ccc(C)cn2)cc1. The Morgan fingerprint density at radius 3 is 2.05 bits per heavy atom. The number of aromatic nitrogens is 1. The standard InChI is InChI=1S/C15H16N4O2/c1-10-3-8-14(16-9-10)19-15(21)18-13-6-4-12(5-7-13)17-11(2)20/h3-9H,1-2H3,(H,17,20)(H2,16,18,19,21). The number of hydrogen-bond donors (Lipinski definition) is 3. The largest absolute Gasteiger partial charge is 0.326 e. The molecule has 3 amide bonds. The summed E-state index contributed by atoms with van der Waals surface area (Å²) >= 11 is 0. The molecule has 0 bridgehead atoms. The maximum absolute atomic E-state index is 11.8. The van der Waals surface area contributed by atoms with Crippen molar-refractivity contribution in [1.82, 2.24) is 4.98 Å². The van der Waals surface area contributed by atoms with Crippen LogP contribution < -0.4 is 16.0 Å². The highest BCUT2D eigenvalue weighted by Gasteiger charge is 2.03. The zero-order valence-electron chi connectivity index (χ0n) is 11.8. The summed E-state index contributed by atoms with van der Waals surface area (Å²) in [6, 6.07) is 10.0. The third-order valence-corrected chi connectivity index (χ3v) is 2.62. The number of nitrogens with zero attached hydrogens (tertiary/aromatic N) is 1. The molecular weight excluding hydrogens is 268 g/mol. The Labute approximate surface area is 122 Å². The molecule has 0 fully saturated rings. The summed E-state index contributed by atoms with van der Waals surface area (Å²) in [5, 5.41) is 7.97. The van der Waals surface area contributed by atoms with Gasteiger partial charge in [0, 0.05) is 24.5 Å². The molecule has 0 radical (unpaired) electrons. The molecule has 6 nitrogen and oxygen atoms in total. The Kier molecular flexibility index (Phi) is 4.50. The molecule has 0 aliphatic carbocycles. The molecule has 0 saturated carbocycles. The van der Waals surface area contributed by atoms with E-state index < -0.39 is 0 Å². The van der Waals surface area contributed by atoms with Crippen molar-refractivity contribution < 1.29 is 9.59 Å². The second-order valence-electron chi connectivity index (χ2n) is 4.56. The highest BCUT2D eigenvalue weighted by Crippen LogP contribution is 2.14. The zero-order valence-corrected chi connectivity index (χ0v) is 11.8. The molecule has 0 aliphatic heterocycles. The summed E-state index contributed by atoms with van der Waals surface area (Å²) in [4.78, 5) is 26.8. The third-order valence-electron chi connectivity index (χ3n) is 2.62. The topological polar surface area (TPSA) is 83.1 Å². The third kappa shape index (κ3) is 4.61. The van der Waals surface area contributed by atoms with Gasteiger partial charge in [-0.2, -0.15) is 0 Å². The highest BCUT2D eigenvalue weighted by molar-refractivity contribution is 5.99. The summed E-state index contributed by atoms with van der Waals surface area (Å²) in [6.45, 7) is 3.36. The monoisotopic (exact) mass is 284 g/mol. The summed E-state index contributed by atoms with van der Waals surface area (Å²) in [5.41, 5.74) is 2.32. The first-order chi connectivity index (χ1) is 10.0. The number of aryl methyl sites for hydroxylation is 1. The van der Waals surface area contributed by atoms with Crippen LogP contribution in [0.25, 0.3) is 0 Å². The average molecular weight is 284 g/mol. The van der Waals surface area contributed by atoms with Crippen LogP contribution in [0.3, 0.4) is 0 Å². The van der Waals surface area contributed by atoms with Crippen molar-refractivity contribution in [2.45, 2.75) is 13.8 Å². The number of rotatable bonds is 3. The quantitative estimate of drug-likeness (QED) is 0.810. The molecule has 2 rings (SSSR count). The van der Waals surface area contributed by atoms with E-state index in [1.807, 2.05) is 13.0 Å². The minimum atomic E-state index is -0.376. The van der Waals surface area contributed by atoms with Gasteiger partial charge in [-0.1, -0.05) is 6.07 Å². The molecule has 6 heteroatoms. The molecular formula is C15H16N4O2. The Hall–Kier alpha value is -2.89. The van der Waals surface area contributed by atoms with Crippen LogP contribution in [0.5, 0.6) is 0 Å². The lowest BCUT2D eigenvalue weighted by Gasteiger charge is -2.08. The number of carbonyl (C=O) groups is 2. The van der Waals surface area contributed by atoms with Crippen LogP contribution in [0.1, 0.15) is 12.5 Å². The van der Waals surface area contributed by atoms with Crippen LogP contribution in [0.15, 0.2) is 42.6 Å². The first-order valence-electron chi connectivity index (χ1n) is 6.41. The second-order valence-corrected chi connectivity index (χ2v) is 4.56. The lowest BCUT2D eigenvalue weighted by atomic mass is 10.3. The summed E-state index contributed by atoms with van der Waals surface area (Å²) in [7, 11) is 0. The number of nitrogens with one attached hydrogen (secondary N) is 3. The van der Waals surface area contributed by atoms with Crippen molar-refractivity contribution in [3.63, 3.8) is 0 Å². The molecule has 1 heterocycles. The van der Waals surface area contributed by atoms with Crippen molar-refractivity contribution in [2.75, 3.05) is 16.0 Å². The van der Waals surface area contributed by atoms with E-state index in [2.05, 4.69) is 20.9 Å². The average Bonchev–Trinajstić information content (AvgIpc) is 2.43. The van der Waals surface area contributed by atoms with E-state index in [0.29, 0.717) is 17.2 Å². The highest BCUT2D eigenvalue weighted by atomic mass is 16.2. The first-order valence-corrected chi connectivity index (χ1v) is 6.41. The molecule has 3 N–H and O–H groups in total. The zero-order chi connectivity index (χ0) is 15.2. The van der Waals surface area contributed by atoms with Gasteiger partial charge in [0.25, 0.3) is 0 Å². The van der Waals surface area contributed by atoms with Gasteiger partial charge in [-0.05, 0) is 42.8 Å². The molecule has 1 aromatic heterocycles. The molecule has 0 unspecified atom stereocenters. The van der Waals surface area contributed by atoms with Gasteiger partial charge in [0.15, 0.2) is 0 Å². The molecule has 1 aromatic carbocycles. The van der Waals surface area contributed by atoms with E-state index in [4.69, 9.17) is 0 Å². The predicted octanol–water partition coefficient (Wildman–Crippen LogP) is 2.99. The van der Waals surface area contributed by atoms with Gasteiger partial charge in [0.1, 0.15) is 5.82 Å². The summed E-state index contributed by atoms with van der Waals surface area (Å²) < 4.78 is 0. The maximum atomic E-state index is 11.8. The lowest BCUT2D eigenvalue weighted by molar-refractivity contribution is -0.114. The van der Waals surface area contributed by atoms with E-state index in [1.54, 1.807) is 36.5 Å². The van der Waals surface area contributed by atoms with Gasteiger partial charge in [-0.3, -0.25) is 10.1 Å². The van der Waals surface area contributed by atoms with Crippen molar-refractivity contribution >= 4 is 29.1 Å². The number of carbonyl (C=O) groups excluding carboxylic acids is 2. The number of hydrogen-bond acceptors (Lipinski definition) is 3. The number of anilines is 3. The normalized spacial score (nSPS) is 9.81. The molecule has 0 spiro atoms. The van der Waals surface area contributed by atoms with Crippen LogP contribution in [0.2, 0.25) is 0 Å². The molecule has 0 saturated heterocycles. The van der Waals surface area contributed by atoms with Crippen molar-refractivity contribution in [3.05, 3.63) is 48.2 Å². The van der Waals surface area contributed by atoms with Crippen molar-refractivity contribution in [1.29, 1.82) is 0 Å². The fourth-order valence-electron chi connectivity index (χ4n) is 1.66. The van der Waals surface area contributed by atoms with Crippen LogP contribution in [-0.4, -0.2) is 16.9 Å². The molecule has 21 heavy (non-hydrogen) atoms. The van der Waals surface area contributed by atoms with E-state index in [1.165, 1.54) is 6.92 Å². The molecule has 0 aliphatic rings. The fourth-order valence-corrected chi connectivity index (χ4v) is 1.66. The van der Waals surface area contributed by atoms with E-state index in [0.717, 1.165) is 5.56 Å². The predicted molar refractivity (Wildman–Crippen MR) is 82.4 cm³/mol. The second kappa shape index (κ2) is 6.51. The Bertz CT molecular complexity index is 636. The number of urea groups is 1. The number of amides is 3. The minimum Gasteiger partial charge on any atom is -0.326 e. The van der Waals surface area contributed by atoms with Gasteiger partial charge in [0.05, 0.1) is 0 Å². The van der Waals surface area contributed by atoms with Gasteiger partial charge in [-0.25, -0.2) is 9.78 Å². The van der Waals surface area contributed by atoms with Crippen molar-refractivity contribution in [2.24, 2.45) is 0 Å². The summed E-state index contributed by atoms with van der Waals surface area (Å²) in [5.74, 6) is 0.340. The lowest BCUT2D eigenvalue weighted by Crippen LogP contribution is -2.20. The van der Waals surface area contributed by atoms with E-state index in [9.17, 15) is 9.59 Å². The van der Waals surface area contributed by atoms with Gasteiger partial charge < -0.3 is 10.6 Å². The smallest absolute Gasteiger partial charge is 0.324 e. The van der Waals surface area contributed by atoms with Gasteiger partial charge in [0.2, 0.25) is 5.91 Å². The Morgan fingerprint density at radius 2 is 1.52 bits per heavy atom. The van der Waals surface area contributed by atoms with Crippen LogP contribution in [0, 0.1) is 6.92 Å². The van der Waals surface area contributed by atoms with Crippen molar-refractivity contribution in [3.8, 4) is 0 Å².